The predicted octanol–water partition coefficient (Wildman–Crippen LogP) is 3.80. The van der Waals surface area contributed by atoms with Crippen molar-refractivity contribution in [1.29, 1.82) is 0 Å². The second-order valence-electron chi connectivity index (χ2n) is 4.47. The van der Waals surface area contributed by atoms with Gasteiger partial charge >= 0.3 is 0 Å². The van der Waals surface area contributed by atoms with Crippen LogP contribution in [-0.2, 0) is 6.54 Å². The minimum absolute atomic E-state index is 0.604. The monoisotopic (exact) mass is 261 g/mol. The Hall–Kier alpha value is -2.68. The number of allylic oxidation sites excluding steroid dienone is 1. The summed E-state index contributed by atoms with van der Waals surface area (Å²) in [5.41, 5.74) is 3.95. The Morgan fingerprint density at radius 2 is 1.25 bits per heavy atom. The lowest BCUT2D eigenvalue weighted by Crippen LogP contribution is -1.99. The van der Waals surface area contributed by atoms with Gasteiger partial charge in [0.1, 0.15) is 11.4 Å². The Bertz CT molecular complexity index is 643. The average Bonchev–Trinajstić information content (AvgIpc) is 2.93. The van der Waals surface area contributed by atoms with E-state index >= 15 is 0 Å². The Labute approximate surface area is 118 Å². The zero-order chi connectivity index (χ0) is 13.8. The first-order valence-electron chi connectivity index (χ1n) is 6.55. The fourth-order valence-corrected chi connectivity index (χ4v) is 2.13. The number of hydrogen-bond acceptors (Lipinski definition) is 2. The second kappa shape index (κ2) is 5.53. The Morgan fingerprint density at radius 1 is 0.800 bits per heavy atom. The van der Waals surface area contributed by atoms with Gasteiger partial charge in [-0.3, -0.25) is 0 Å². The third kappa shape index (κ3) is 2.38. The molecule has 0 saturated carbocycles. The normalized spacial score (nSPS) is 10.4. The molecule has 3 heteroatoms. The molecule has 3 aromatic rings. The summed E-state index contributed by atoms with van der Waals surface area (Å²) in [5, 5.41) is 9.16. The standard InChI is InChI=1S/C17H15N3/c1-2-13-20-18-16(14-9-5-3-6-10-14)17(19-20)15-11-7-4-8-12-15/h2-12H,1,13H2. The van der Waals surface area contributed by atoms with Gasteiger partial charge in [-0.1, -0.05) is 66.7 Å². The van der Waals surface area contributed by atoms with Gasteiger partial charge in [-0.25, -0.2) is 0 Å². The Kier molecular flexibility index (Phi) is 3.42. The van der Waals surface area contributed by atoms with Gasteiger partial charge in [0, 0.05) is 11.1 Å². The lowest BCUT2D eigenvalue weighted by Gasteiger charge is -2.00. The first kappa shape index (κ1) is 12.4. The smallest absolute Gasteiger partial charge is 0.121 e. The molecule has 0 radical (unpaired) electrons. The number of hydrogen-bond donors (Lipinski definition) is 0. The van der Waals surface area contributed by atoms with Crippen LogP contribution >= 0.6 is 0 Å². The number of aromatic nitrogens is 3. The molecule has 3 nitrogen and oxygen atoms in total. The van der Waals surface area contributed by atoms with Gasteiger partial charge in [-0.15, -0.1) is 6.58 Å². The van der Waals surface area contributed by atoms with E-state index in [1.165, 1.54) is 0 Å². The summed E-state index contributed by atoms with van der Waals surface area (Å²) in [7, 11) is 0. The molecule has 0 unspecified atom stereocenters. The zero-order valence-electron chi connectivity index (χ0n) is 11.1. The van der Waals surface area contributed by atoms with Crippen molar-refractivity contribution < 1.29 is 0 Å². The number of rotatable bonds is 4. The molecule has 0 bridgehead atoms. The van der Waals surface area contributed by atoms with E-state index in [4.69, 9.17) is 0 Å². The van der Waals surface area contributed by atoms with Gasteiger partial charge in [0.05, 0.1) is 6.54 Å². The van der Waals surface area contributed by atoms with Crippen LogP contribution in [0.4, 0.5) is 0 Å². The van der Waals surface area contributed by atoms with Crippen LogP contribution in [0.1, 0.15) is 0 Å². The van der Waals surface area contributed by atoms with Crippen molar-refractivity contribution >= 4 is 0 Å². The van der Waals surface area contributed by atoms with E-state index in [2.05, 4.69) is 41.0 Å². The average molecular weight is 261 g/mol. The molecule has 0 saturated heterocycles. The fourth-order valence-electron chi connectivity index (χ4n) is 2.13. The predicted molar refractivity (Wildman–Crippen MR) is 81.1 cm³/mol. The maximum atomic E-state index is 4.58. The summed E-state index contributed by atoms with van der Waals surface area (Å²) in [6.07, 6.45) is 1.80. The molecular formula is C17H15N3. The first-order valence-corrected chi connectivity index (χ1v) is 6.55. The lowest BCUT2D eigenvalue weighted by molar-refractivity contribution is 0.605. The summed E-state index contributed by atoms with van der Waals surface area (Å²) < 4.78 is 0. The third-order valence-electron chi connectivity index (χ3n) is 3.04. The van der Waals surface area contributed by atoms with Crippen molar-refractivity contribution in [3.63, 3.8) is 0 Å². The van der Waals surface area contributed by atoms with E-state index in [0.717, 1.165) is 22.5 Å². The molecule has 0 atom stereocenters. The van der Waals surface area contributed by atoms with Gasteiger partial charge in [-0.05, 0) is 0 Å². The molecule has 20 heavy (non-hydrogen) atoms. The molecule has 1 aromatic heterocycles. The maximum Gasteiger partial charge on any atom is 0.121 e. The molecule has 98 valence electrons. The van der Waals surface area contributed by atoms with Crippen LogP contribution in [0.2, 0.25) is 0 Å². The van der Waals surface area contributed by atoms with E-state index in [0.29, 0.717) is 6.54 Å². The topological polar surface area (TPSA) is 30.7 Å². The van der Waals surface area contributed by atoms with Gasteiger partial charge in [-0.2, -0.15) is 15.0 Å². The molecule has 2 aromatic carbocycles. The van der Waals surface area contributed by atoms with Crippen LogP contribution in [0.3, 0.4) is 0 Å². The summed E-state index contributed by atoms with van der Waals surface area (Å²) in [5.74, 6) is 0. The molecule has 0 aliphatic rings. The highest BCUT2D eigenvalue weighted by molar-refractivity contribution is 5.77. The molecule has 0 N–H and O–H groups in total. The number of benzene rings is 2. The quantitative estimate of drug-likeness (QED) is 0.669. The van der Waals surface area contributed by atoms with Crippen LogP contribution in [0.25, 0.3) is 22.5 Å². The van der Waals surface area contributed by atoms with E-state index in [9.17, 15) is 0 Å². The zero-order valence-corrected chi connectivity index (χ0v) is 11.1. The molecular weight excluding hydrogens is 246 g/mol. The summed E-state index contributed by atoms with van der Waals surface area (Å²) in [6, 6.07) is 20.2. The van der Waals surface area contributed by atoms with E-state index in [-0.39, 0.29) is 0 Å². The van der Waals surface area contributed by atoms with Crippen LogP contribution < -0.4 is 0 Å². The first-order chi connectivity index (χ1) is 9.88. The minimum Gasteiger partial charge on any atom is -0.180 e. The van der Waals surface area contributed by atoms with Crippen LogP contribution in [-0.4, -0.2) is 15.0 Å². The third-order valence-corrected chi connectivity index (χ3v) is 3.04. The lowest BCUT2D eigenvalue weighted by atomic mass is 10.1. The van der Waals surface area contributed by atoms with Gasteiger partial charge in [0.15, 0.2) is 0 Å². The molecule has 0 aliphatic heterocycles. The number of nitrogens with zero attached hydrogens (tertiary/aromatic N) is 3. The summed E-state index contributed by atoms with van der Waals surface area (Å²) >= 11 is 0. The highest BCUT2D eigenvalue weighted by atomic mass is 15.5. The van der Waals surface area contributed by atoms with Crippen molar-refractivity contribution in [1.82, 2.24) is 15.0 Å². The van der Waals surface area contributed by atoms with Crippen molar-refractivity contribution in [3.8, 4) is 22.5 Å². The maximum absolute atomic E-state index is 4.58. The SMILES string of the molecule is C=CCn1nc(-c2ccccc2)c(-c2ccccc2)n1. The van der Waals surface area contributed by atoms with Gasteiger partial charge in [0.2, 0.25) is 0 Å². The highest BCUT2D eigenvalue weighted by Crippen LogP contribution is 2.28. The fraction of sp³-hybridized carbons (Fsp3) is 0.0588. The Balaban J connectivity index is 2.15. The Morgan fingerprint density at radius 3 is 1.65 bits per heavy atom. The summed E-state index contributed by atoms with van der Waals surface area (Å²) in [6.45, 7) is 4.34. The molecule has 0 aliphatic carbocycles. The second-order valence-corrected chi connectivity index (χ2v) is 4.47. The van der Waals surface area contributed by atoms with E-state index < -0.39 is 0 Å². The largest absolute Gasteiger partial charge is 0.180 e. The highest BCUT2D eigenvalue weighted by Gasteiger charge is 2.14. The van der Waals surface area contributed by atoms with Gasteiger partial charge < -0.3 is 0 Å². The molecule has 0 spiro atoms. The molecule has 0 amide bonds. The van der Waals surface area contributed by atoms with Crippen molar-refractivity contribution in [2.24, 2.45) is 0 Å². The van der Waals surface area contributed by atoms with Gasteiger partial charge in [0.25, 0.3) is 0 Å². The van der Waals surface area contributed by atoms with Crippen molar-refractivity contribution in [3.05, 3.63) is 73.3 Å². The molecule has 3 rings (SSSR count). The van der Waals surface area contributed by atoms with E-state index in [1.54, 1.807) is 10.9 Å². The van der Waals surface area contributed by atoms with Crippen molar-refractivity contribution in [2.45, 2.75) is 6.54 Å². The van der Waals surface area contributed by atoms with Crippen LogP contribution in [0.5, 0.6) is 0 Å². The minimum atomic E-state index is 0.604. The molecule has 0 fully saturated rings. The van der Waals surface area contributed by atoms with Crippen LogP contribution in [0, 0.1) is 0 Å². The van der Waals surface area contributed by atoms with Crippen molar-refractivity contribution in [2.75, 3.05) is 0 Å². The van der Waals surface area contributed by atoms with E-state index in [1.807, 2.05) is 36.4 Å². The van der Waals surface area contributed by atoms with Crippen LogP contribution in [0.15, 0.2) is 73.3 Å². The summed E-state index contributed by atoms with van der Waals surface area (Å²) in [4.78, 5) is 1.68. The molecule has 1 heterocycles.